The molecule has 0 spiro atoms. The van der Waals surface area contributed by atoms with E-state index in [4.69, 9.17) is 0 Å². The summed E-state index contributed by atoms with van der Waals surface area (Å²) < 4.78 is 3.28. The molecule has 4 nitrogen and oxygen atoms in total. The number of anilines is 1. The molecule has 1 fully saturated rings. The molecule has 132 valence electrons. The van der Waals surface area contributed by atoms with Gasteiger partial charge in [-0.25, -0.2) is 0 Å². The SMILES string of the molecule is CCSNc1ccc(C(=O)N2CC(O)(Cc3ccccc3)C2)cc1C. The minimum absolute atomic E-state index is 0.0180. The summed E-state index contributed by atoms with van der Waals surface area (Å²) in [6, 6.07) is 15.6. The Morgan fingerprint density at radius 3 is 2.60 bits per heavy atom. The molecule has 1 saturated heterocycles. The highest BCUT2D eigenvalue weighted by atomic mass is 32.2. The van der Waals surface area contributed by atoms with Gasteiger partial charge in [0.2, 0.25) is 0 Å². The van der Waals surface area contributed by atoms with E-state index in [1.807, 2.05) is 55.5 Å². The van der Waals surface area contributed by atoms with Crippen molar-refractivity contribution in [3.05, 3.63) is 65.2 Å². The first-order valence-corrected chi connectivity index (χ1v) is 9.53. The van der Waals surface area contributed by atoms with Gasteiger partial charge in [0.25, 0.3) is 5.91 Å². The number of β-amino-alcohol motifs (C(OH)–C–C–N with tert-alkyl or cyclic N) is 1. The fraction of sp³-hybridized carbons (Fsp3) is 0.350. The normalized spacial score (nSPS) is 15.6. The van der Waals surface area contributed by atoms with E-state index in [1.54, 1.807) is 16.8 Å². The van der Waals surface area contributed by atoms with Crippen LogP contribution in [0.25, 0.3) is 0 Å². The van der Waals surface area contributed by atoms with E-state index in [1.165, 1.54) is 0 Å². The van der Waals surface area contributed by atoms with Crippen molar-refractivity contribution in [3.8, 4) is 0 Å². The number of hydrogen-bond acceptors (Lipinski definition) is 4. The predicted molar refractivity (Wildman–Crippen MR) is 104 cm³/mol. The van der Waals surface area contributed by atoms with Crippen LogP contribution in [-0.4, -0.2) is 40.4 Å². The van der Waals surface area contributed by atoms with Crippen LogP contribution in [0.3, 0.4) is 0 Å². The number of carbonyl (C=O) groups excluding carboxylic acids is 1. The van der Waals surface area contributed by atoms with Crippen molar-refractivity contribution in [2.75, 3.05) is 23.6 Å². The highest BCUT2D eigenvalue weighted by Gasteiger charge is 2.43. The fourth-order valence-corrected chi connectivity index (χ4v) is 3.67. The number of likely N-dealkylation sites (tertiary alicyclic amines) is 1. The maximum absolute atomic E-state index is 12.6. The van der Waals surface area contributed by atoms with E-state index >= 15 is 0 Å². The highest BCUT2D eigenvalue weighted by Crippen LogP contribution is 2.28. The number of hydrogen-bond donors (Lipinski definition) is 2. The standard InChI is InChI=1S/C20H24N2O2S/c1-3-25-21-18-10-9-17(11-15(18)2)19(23)22-13-20(24,14-22)12-16-7-5-4-6-8-16/h4-11,21,24H,3,12-14H2,1-2H3. The molecule has 0 atom stereocenters. The molecule has 0 saturated carbocycles. The number of nitrogens with zero attached hydrogens (tertiary/aromatic N) is 1. The minimum atomic E-state index is -0.814. The van der Waals surface area contributed by atoms with Crippen LogP contribution in [0, 0.1) is 6.92 Å². The molecule has 5 heteroatoms. The van der Waals surface area contributed by atoms with Crippen molar-refractivity contribution in [1.29, 1.82) is 0 Å². The lowest BCUT2D eigenvalue weighted by molar-refractivity contribution is -0.0799. The maximum atomic E-state index is 12.6. The lowest BCUT2D eigenvalue weighted by atomic mass is 9.86. The summed E-state index contributed by atoms with van der Waals surface area (Å²) in [7, 11) is 0. The van der Waals surface area contributed by atoms with Crippen molar-refractivity contribution < 1.29 is 9.90 Å². The van der Waals surface area contributed by atoms with E-state index in [0.717, 1.165) is 22.6 Å². The van der Waals surface area contributed by atoms with Crippen molar-refractivity contribution in [1.82, 2.24) is 4.90 Å². The zero-order valence-electron chi connectivity index (χ0n) is 14.7. The molecule has 0 unspecified atom stereocenters. The smallest absolute Gasteiger partial charge is 0.254 e. The third kappa shape index (κ3) is 4.17. The van der Waals surface area contributed by atoms with Gasteiger partial charge in [0.15, 0.2) is 0 Å². The van der Waals surface area contributed by atoms with Gasteiger partial charge in [0, 0.05) is 23.4 Å². The first-order valence-electron chi connectivity index (χ1n) is 8.55. The molecule has 2 N–H and O–H groups in total. The second-order valence-corrected chi connectivity index (χ2v) is 7.68. The van der Waals surface area contributed by atoms with Gasteiger partial charge in [-0.1, -0.05) is 49.2 Å². The predicted octanol–water partition coefficient (Wildman–Crippen LogP) is 3.50. The van der Waals surface area contributed by atoms with Gasteiger partial charge < -0.3 is 14.7 Å². The molecule has 2 aromatic rings. The number of benzene rings is 2. The molecule has 1 amide bonds. The molecule has 0 radical (unpaired) electrons. The van der Waals surface area contributed by atoms with E-state index in [9.17, 15) is 9.90 Å². The van der Waals surface area contributed by atoms with Gasteiger partial charge in [-0.05, 0) is 36.2 Å². The topological polar surface area (TPSA) is 52.6 Å². The summed E-state index contributed by atoms with van der Waals surface area (Å²) in [5.74, 6) is 0.962. The Bertz CT molecular complexity index is 743. The number of carbonyl (C=O) groups is 1. The minimum Gasteiger partial charge on any atom is -0.386 e. The Labute approximate surface area is 153 Å². The van der Waals surface area contributed by atoms with E-state index in [0.29, 0.717) is 25.1 Å². The Morgan fingerprint density at radius 1 is 1.24 bits per heavy atom. The maximum Gasteiger partial charge on any atom is 0.254 e. The second-order valence-electron chi connectivity index (χ2n) is 6.61. The molecular weight excluding hydrogens is 332 g/mol. The average molecular weight is 356 g/mol. The van der Waals surface area contributed by atoms with E-state index < -0.39 is 5.60 Å². The van der Waals surface area contributed by atoms with Gasteiger partial charge in [-0.3, -0.25) is 4.79 Å². The third-order valence-electron chi connectivity index (χ3n) is 4.43. The molecule has 1 aliphatic rings. The monoisotopic (exact) mass is 356 g/mol. The number of aryl methyl sites for hydroxylation is 1. The Balaban J connectivity index is 1.61. The van der Waals surface area contributed by atoms with Crippen molar-refractivity contribution in [2.45, 2.75) is 25.9 Å². The van der Waals surface area contributed by atoms with Gasteiger partial charge in [-0.2, -0.15) is 0 Å². The molecule has 1 heterocycles. The summed E-state index contributed by atoms with van der Waals surface area (Å²) in [6.07, 6.45) is 0.577. The van der Waals surface area contributed by atoms with Gasteiger partial charge in [0.05, 0.1) is 13.1 Å². The number of aliphatic hydroxyl groups is 1. The van der Waals surface area contributed by atoms with Crippen LogP contribution < -0.4 is 4.72 Å². The average Bonchev–Trinajstić information content (AvgIpc) is 2.58. The Hall–Kier alpha value is -1.98. The summed E-state index contributed by atoms with van der Waals surface area (Å²) in [4.78, 5) is 14.3. The van der Waals surface area contributed by atoms with Crippen LogP contribution >= 0.6 is 11.9 Å². The molecular formula is C20H24N2O2S. The fourth-order valence-electron chi connectivity index (χ4n) is 3.14. The lowest BCUT2D eigenvalue weighted by Gasteiger charge is -2.46. The number of nitrogens with one attached hydrogen (secondary N) is 1. The molecule has 1 aliphatic heterocycles. The first kappa shape index (κ1) is 17.8. The Morgan fingerprint density at radius 2 is 1.96 bits per heavy atom. The number of amides is 1. The number of rotatable bonds is 6. The molecule has 2 aromatic carbocycles. The van der Waals surface area contributed by atoms with Gasteiger partial charge >= 0.3 is 0 Å². The molecule has 0 aromatic heterocycles. The zero-order valence-corrected chi connectivity index (χ0v) is 15.5. The van der Waals surface area contributed by atoms with Gasteiger partial charge in [0.1, 0.15) is 5.60 Å². The van der Waals surface area contributed by atoms with Crippen molar-refractivity contribution >= 4 is 23.5 Å². The molecule has 0 bridgehead atoms. The van der Waals surface area contributed by atoms with Crippen LogP contribution in [0.1, 0.15) is 28.4 Å². The van der Waals surface area contributed by atoms with Crippen LogP contribution in [0.4, 0.5) is 5.69 Å². The first-order chi connectivity index (χ1) is 12.0. The zero-order chi connectivity index (χ0) is 17.9. The van der Waals surface area contributed by atoms with Crippen molar-refractivity contribution in [3.63, 3.8) is 0 Å². The van der Waals surface area contributed by atoms with Crippen LogP contribution in [0.15, 0.2) is 48.5 Å². The van der Waals surface area contributed by atoms with E-state index in [-0.39, 0.29) is 5.91 Å². The molecule has 25 heavy (non-hydrogen) atoms. The highest BCUT2D eigenvalue weighted by molar-refractivity contribution is 8.00. The summed E-state index contributed by atoms with van der Waals surface area (Å²) in [5, 5.41) is 10.6. The third-order valence-corrected chi connectivity index (χ3v) is 5.09. The lowest BCUT2D eigenvalue weighted by Crippen LogP contribution is -2.64. The van der Waals surface area contributed by atoms with Crippen LogP contribution in [-0.2, 0) is 6.42 Å². The second kappa shape index (κ2) is 7.50. The van der Waals surface area contributed by atoms with Crippen LogP contribution in [0.2, 0.25) is 0 Å². The largest absolute Gasteiger partial charge is 0.386 e. The summed E-state index contributed by atoms with van der Waals surface area (Å²) in [5.41, 5.74) is 3.04. The van der Waals surface area contributed by atoms with Crippen molar-refractivity contribution in [2.24, 2.45) is 0 Å². The quantitative estimate of drug-likeness (QED) is 0.778. The van der Waals surface area contributed by atoms with Crippen LogP contribution in [0.5, 0.6) is 0 Å². The molecule has 3 rings (SSSR count). The molecule has 0 aliphatic carbocycles. The summed E-state index contributed by atoms with van der Waals surface area (Å²) >= 11 is 1.63. The van der Waals surface area contributed by atoms with Gasteiger partial charge in [-0.15, -0.1) is 0 Å². The van der Waals surface area contributed by atoms with E-state index in [2.05, 4.69) is 11.6 Å². The summed E-state index contributed by atoms with van der Waals surface area (Å²) in [6.45, 7) is 4.85. The Kier molecular flexibility index (Phi) is 5.35.